The van der Waals surface area contributed by atoms with Crippen molar-refractivity contribution in [2.45, 2.75) is 0 Å². The second kappa shape index (κ2) is 9.33. The number of carbonyl (C=O) groups is 2. The highest BCUT2D eigenvalue weighted by atomic mass is 35.5. The minimum Gasteiger partial charge on any atom is -0.494 e. The summed E-state index contributed by atoms with van der Waals surface area (Å²) in [6.45, 7) is 0. The molecule has 0 unspecified atom stereocenters. The van der Waals surface area contributed by atoms with E-state index in [0.717, 1.165) is 5.69 Å². The number of anilines is 3. The van der Waals surface area contributed by atoms with E-state index >= 15 is 0 Å². The number of hydrogen-bond acceptors (Lipinski definition) is 4. The van der Waals surface area contributed by atoms with E-state index in [4.69, 9.17) is 16.3 Å². The van der Waals surface area contributed by atoms with Crippen molar-refractivity contribution in [1.29, 1.82) is 0 Å². The van der Waals surface area contributed by atoms with Crippen LogP contribution in [0.15, 0.2) is 66.7 Å². The number of ether oxygens (including phenoxy) is 1. The van der Waals surface area contributed by atoms with Crippen molar-refractivity contribution in [1.82, 2.24) is 0 Å². The molecule has 0 radical (unpaired) electrons. The lowest BCUT2D eigenvalue weighted by Gasteiger charge is -2.15. The van der Waals surface area contributed by atoms with Crippen LogP contribution in [0.2, 0.25) is 5.02 Å². The van der Waals surface area contributed by atoms with Crippen LogP contribution in [0.25, 0.3) is 0 Å². The Hall–Kier alpha value is -3.51. The molecule has 0 heterocycles. The molecular formula is C23H22ClN3O3. The van der Waals surface area contributed by atoms with Gasteiger partial charge in [-0.15, -0.1) is 0 Å². The number of benzene rings is 3. The van der Waals surface area contributed by atoms with Crippen LogP contribution in [-0.4, -0.2) is 33.0 Å². The zero-order valence-corrected chi connectivity index (χ0v) is 17.7. The van der Waals surface area contributed by atoms with Crippen molar-refractivity contribution in [3.63, 3.8) is 0 Å². The number of rotatable bonds is 6. The lowest BCUT2D eigenvalue weighted by atomic mass is 10.1. The van der Waals surface area contributed by atoms with E-state index in [9.17, 15) is 9.59 Å². The van der Waals surface area contributed by atoms with Gasteiger partial charge in [0.25, 0.3) is 11.8 Å². The number of nitrogens with zero attached hydrogens (tertiary/aromatic N) is 1. The summed E-state index contributed by atoms with van der Waals surface area (Å²) in [7, 11) is 5.34. The first-order valence-corrected chi connectivity index (χ1v) is 9.59. The predicted molar refractivity (Wildman–Crippen MR) is 121 cm³/mol. The Bertz CT molecular complexity index is 1050. The van der Waals surface area contributed by atoms with Crippen molar-refractivity contribution in [3.05, 3.63) is 82.9 Å². The lowest BCUT2D eigenvalue weighted by Crippen LogP contribution is -2.15. The van der Waals surface area contributed by atoms with Gasteiger partial charge in [-0.3, -0.25) is 9.59 Å². The van der Waals surface area contributed by atoms with Crippen molar-refractivity contribution >= 4 is 40.5 Å². The van der Waals surface area contributed by atoms with Crippen LogP contribution in [0.5, 0.6) is 5.75 Å². The van der Waals surface area contributed by atoms with E-state index in [1.54, 1.807) is 48.5 Å². The molecule has 0 saturated carbocycles. The van der Waals surface area contributed by atoms with Crippen molar-refractivity contribution in [2.75, 3.05) is 36.7 Å². The molecular weight excluding hydrogens is 402 g/mol. The summed E-state index contributed by atoms with van der Waals surface area (Å²) in [5, 5.41) is 5.84. The van der Waals surface area contributed by atoms with E-state index in [0.29, 0.717) is 28.3 Å². The molecule has 3 rings (SSSR count). The van der Waals surface area contributed by atoms with E-state index in [-0.39, 0.29) is 16.8 Å². The summed E-state index contributed by atoms with van der Waals surface area (Å²) in [6.07, 6.45) is 0. The molecule has 0 atom stereocenters. The molecule has 0 saturated heterocycles. The highest BCUT2D eigenvalue weighted by molar-refractivity contribution is 6.34. The van der Waals surface area contributed by atoms with Gasteiger partial charge in [0.2, 0.25) is 0 Å². The van der Waals surface area contributed by atoms with Crippen molar-refractivity contribution < 1.29 is 14.3 Å². The van der Waals surface area contributed by atoms with Gasteiger partial charge in [0.1, 0.15) is 5.75 Å². The van der Waals surface area contributed by atoms with Gasteiger partial charge in [-0.1, -0.05) is 29.8 Å². The molecule has 3 aromatic rings. The molecule has 2 N–H and O–H groups in total. The summed E-state index contributed by atoms with van der Waals surface area (Å²) >= 11 is 6.36. The average molecular weight is 424 g/mol. The summed E-state index contributed by atoms with van der Waals surface area (Å²) in [5.74, 6) is -0.213. The van der Waals surface area contributed by atoms with Gasteiger partial charge in [-0.2, -0.15) is 0 Å². The van der Waals surface area contributed by atoms with Gasteiger partial charge in [0.15, 0.2) is 0 Å². The Morgan fingerprint density at radius 2 is 1.40 bits per heavy atom. The standard InChI is InChI=1S/C23H22ClN3O3/c1-27(2)17-11-9-16(10-12-17)23(29)25-19-14-21(30-3)20(13-18(19)24)26-22(28)15-7-5-4-6-8-15/h4-14H,1-3H3,(H,25,29)(H,26,28). The molecule has 6 nitrogen and oxygen atoms in total. The average Bonchev–Trinajstić information content (AvgIpc) is 2.76. The molecule has 0 aromatic heterocycles. The van der Waals surface area contributed by atoms with Crippen molar-refractivity contribution in [2.24, 2.45) is 0 Å². The smallest absolute Gasteiger partial charge is 0.255 e. The Kier molecular flexibility index (Phi) is 6.59. The van der Waals surface area contributed by atoms with Crippen molar-refractivity contribution in [3.8, 4) is 5.75 Å². The first-order valence-electron chi connectivity index (χ1n) is 9.21. The van der Waals surface area contributed by atoms with Gasteiger partial charge in [0, 0.05) is 37.0 Å². The molecule has 0 fully saturated rings. The van der Waals surface area contributed by atoms with Gasteiger partial charge in [0.05, 0.1) is 23.5 Å². The normalized spacial score (nSPS) is 10.3. The van der Waals surface area contributed by atoms with E-state index in [1.165, 1.54) is 7.11 Å². The number of halogens is 1. The van der Waals surface area contributed by atoms with Crippen LogP contribution in [0.3, 0.4) is 0 Å². The molecule has 2 amide bonds. The van der Waals surface area contributed by atoms with Crippen LogP contribution in [0.4, 0.5) is 17.1 Å². The highest BCUT2D eigenvalue weighted by Crippen LogP contribution is 2.35. The third-order valence-electron chi connectivity index (χ3n) is 4.47. The van der Waals surface area contributed by atoms with E-state index in [2.05, 4.69) is 10.6 Å². The second-order valence-electron chi connectivity index (χ2n) is 6.75. The van der Waals surface area contributed by atoms with Gasteiger partial charge in [-0.05, 0) is 42.5 Å². The molecule has 0 aliphatic carbocycles. The third kappa shape index (κ3) is 4.90. The fraction of sp³-hybridized carbons (Fsp3) is 0.130. The maximum absolute atomic E-state index is 12.6. The largest absolute Gasteiger partial charge is 0.494 e. The number of methoxy groups -OCH3 is 1. The minimum atomic E-state index is -0.301. The predicted octanol–water partition coefficient (Wildman–Crippen LogP) is 4.92. The maximum Gasteiger partial charge on any atom is 0.255 e. The topological polar surface area (TPSA) is 70.7 Å². The molecule has 0 bridgehead atoms. The molecule has 154 valence electrons. The molecule has 7 heteroatoms. The molecule has 0 aliphatic rings. The van der Waals surface area contributed by atoms with Gasteiger partial charge >= 0.3 is 0 Å². The van der Waals surface area contributed by atoms with Crippen LogP contribution in [0.1, 0.15) is 20.7 Å². The monoisotopic (exact) mass is 423 g/mol. The summed E-state index contributed by atoms with van der Waals surface area (Å²) < 4.78 is 5.38. The third-order valence-corrected chi connectivity index (χ3v) is 4.78. The number of hydrogen-bond donors (Lipinski definition) is 2. The van der Waals surface area contributed by atoms with E-state index in [1.807, 2.05) is 37.2 Å². The Balaban J connectivity index is 1.79. The fourth-order valence-electron chi connectivity index (χ4n) is 2.81. The summed E-state index contributed by atoms with van der Waals surface area (Å²) in [4.78, 5) is 27.0. The number of amides is 2. The van der Waals surface area contributed by atoms with Crippen LogP contribution in [-0.2, 0) is 0 Å². The Labute approximate surface area is 180 Å². The van der Waals surface area contributed by atoms with Crippen LogP contribution >= 0.6 is 11.6 Å². The fourth-order valence-corrected chi connectivity index (χ4v) is 3.02. The zero-order valence-electron chi connectivity index (χ0n) is 16.9. The first-order chi connectivity index (χ1) is 14.4. The first kappa shape index (κ1) is 21.2. The molecule has 0 spiro atoms. The molecule has 0 aliphatic heterocycles. The summed E-state index contributed by atoms with van der Waals surface area (Å²) in [6, 6.07) is 19.1. The Morgan fingerprint density at radius 3 is 1.97 bits per heavy atom. The minimum absolute atomic E-state index is 0.275. The summed E-state index contributed by atoms with van der Waals surface area (Å²) in [5.41, 5.74) is 2.79. The Morgan fingerprint density at radius 1 is 0.833 bits per heavy atom. The second-order valence-corrected chi connectivity index (χ2v) is 7.16. The van der Waals surface area contributed by atoms with E-state index < -0.39 is 0 Å². The highest BCUT2D eigenvalue weighted by Gasteiger charge is 2.15. The van der Waals surface area contributed by atoms with Gasteiger partial charge in [-0.25, -0.2) is 0 Å². The van der Waals surface area contributed by atoms with Crippen LogP contribution in [0, 0.1) is 0 Å². The van der Waals surface area contributed by atoms with Gasteiger partial charge < -0.3 is 20.3 Å². The maximum atomic E-state index is 12.6. The lowest BCUT2D eigenvalue weighted by molar-refractivity contribution is 0.101. The molecule has 3 aromatic carbocycles. The zero-order chi connectivity index (χ0) is 21.7. The SMILES string of the molecule is COc1cc(NC(=O)c2ccc(N(C)C)cc2)c(Cl)cc1NC(=O)c1ccccc1. The number of nitrogens with one attached hydrogen (secondary N) is 2. The number of carbonyl (C=O) groups excluding carboxylic acids is 2. The molecule has 30 heavy (non-hydrogen) atoms. The quantitative estimate of drug-likeness (QED) is 0.590. The van der Waals surface area contributed by atoms with Crippen LogP contribution < -0.4 is 20.3 Å².